The topological polar surface area (TPSA) is 12.0 Å². The van der Waals surface area contributed by atoms with Gasteiger partial charge in [-0.3, -0.25) is 0 Å². The van der Waals surface area contributed by atoms with Crippen LogP contribution < -0.4 is 5.32 Å². The molecule has 0 aromatic heterocycles. The third-order valence-electron chi connectivity index (χ3n) is 4.55. The van der Waals surface area contributed by atoms with Crippen LogP contribution in [-0.2, 0) is 6.42 Å². The van der Waals surface area contributed by atoms with E-state index in [1.165, 1.54) is 36.0 Å². The monoisotopic (exact) mass is 265 g/mol. The summed E-state index contributed by atoms with van der Waals surface area (Å²) in [5.41, 5.74) is 4.30. The van der Waals surface area contributed by atoms with Gasteiger partial charge in [-0.25, -0.2) is 0 Å². The molecule has 1 N–H and O–H groups in total. The summed E-state index contributed by atoms with van der Waals surface area (Å²) >= 11 is 0. The second-order valence-electron chi connectivity index (χ2n) is 5.83. The van der Waals surface area contributed by atoms with Crippen molar-refractivity contribution in [1.29, 1.82) is 0 Å². The predicted octanol–water partition coefficient (Wildman–Crippen LogP) is 4.46. The summed E-state index contributed by atoms with van der Waals surface area (Å²) in [6.45, 7) is 0. The molecule has 1 aliphatic rings. The van der Waals surface area contributed by atoms with Crippen LogP contribution >= 0.6 is 0 Å². The lowest BCUT2D eigenvalue weighted by molar-refractivity contribution is 0.419. The average Bonchev–Trinajstić information content (AvgIpc) is 2.45. The summed E-state index contributed by atoms with van der Waals surface area (Å²) in [7, 11) is 2.05. The van der Waals surface area contributed by atoms with E-state index in [0.717, 1.165) is 12.3 Å². The molecular formula is C19H23N. The molecular weight excluding hydrogens is 242 g/mol. The lowest BCUT2D eigenvalue weighted by atomic mass is 9.79. The van der Waals surface area contributed by atoms with Crippen molar-refractivity contribution in [2.75, 3.05) is 7.05 Å². The molecule has 1 fully saturated rings. The first-order valence-electron chi connectivity index (χ1n) is 7.68. The molecule has 1 nitrogen and oxygen atoms in total. The van der Waals surface area contributed by atoms with Gasteiger partial charge in [-0.1, -0.05) is 61.0 Å². The van der Waals surface area contributed by atoms with Gasteiger partial charge in [-0.15, -0.1) is 0 Å². The minimum absolute atomic E-state index is 0.396. The van der Waals surface area contributed by atoms with Crippen molar-refractivity contribution in [3.63, 3.8) is 0 Å². The Labute approximate surface area is 122 Å². The molecule has 0 radical (unpaired) electrons. The smallest absolute Gasteiger partial charge is 0.0358 e. The van der Waals surface area contributed by atoms with Gasteiger partial charge in [0.2, 0.25) is 0 Å². The second-order valence-corrected chi connectivity index (χ2v) is 5.83. The van der Waals surface area contributed by atoms with Crippen LogP contribution in [0.15, 0.2) is 54.6 Å². The van der Waals surface area contributed by atoms with Crippen LogP contribution in [0.25, 0.3) is 0 Å². The molecule has 0 aliphatic heterocycles. The van der Waals surface area contributed by atoms with Gasteiger partial charge in [0.15, 0.2) is 0 Å². The van der Waals surface area contributed by atoms with Crippen molar-refractivity contribution in [3.8, 4) is 0 Å². The average molecular weight is 265 g/mol. The van der Waals surface area contributed by atoms with Crippen molar-refractivity contribution in [1.82, 2.24) is 5.32 Å². The van der Waals surface area contributed by atoms with Crippen LogP contribution in [-0.4, -0.2) is 7.05 Å². The van der Waals surface area contributed by atoms with Crippen molar-refractivity contribution < 1.29 is 0 Å². The highest BCUT2D eigenvalue weighted by Crippen LogP contribution is 2.36. The zero-order valence-corrected chi connectivity index (χ0v) is 12.2. The van der Waals surface area contributed by atoms with Gasteiger partial charge in [0.05, 0.1) is 0 Å². The summed E-state index contributed by atoms with van der Waals surface area (Å²) in [5, 5.41) is 3.44. The molecule has 0 amide bonds. The SMILES string of the molecule is CNC(Cc1ccccc1)c1ccc(C2CCC2)cc1. The van der Waals surface area contributed by atoms with Gasteiger partial charge >= 0.3 is 0 Å². The van der Waals surface area contributed by atoms with Crippen LogP contribution in [0.1, 0.15) is 47.9 Å². The fourth-order valence-electron chi connectivity index (χ4n) is 2.98. The summed E-state index contributed by atoms with van der Waals surface area (Å²) in [6.07, 6.45) is 5.19. The van der Waals surface area contributed by atoms with E-state index in [1.54, 1.807) is 0 Å². The minimum Gasteiger partial charge on any atom is -0.313 e. The zero-order valence-electron chi connectivity index (χ0n) is 12.2. The number of likely N-dealkylation sites (N-methyl/N-ethyl adjacent to an activating group) is 1. The zero-order chi connectivity index (χ0) is 13.8. The molecule has 1 aliphatic carbocycles. The highest BCUT2D eigenvalue weighted by atomic mass is 14.9. The van der Waals surface area contributed by atoms with E-state index in [2.05, 4.69) is 59.9 Å². The standard InChI is InChI=1S/C19H23N/c1-20-19(14-15-6-3-2-4-7-15)18-12-10-17(11-13-18)16-8-5-9-16/h2-4,6-7,10-13,16,19-20H,5,8-9,14H2,1H3. The lowest BCUT2D eigenvalue weighted by Gasteiger charge is -2.26. The Morgan fingerprint density at radius 3 is 2.25 bits per heavy atom. The Morgan fingerprint density at radius 1 is 1.00 bits per heavy atom. The number of hydrogen-bond donors (Lipinski definition) is 1. The van der Waals surface area contributed by atoms with Crippen LogP contribution in [0.5, 0.6) is 0 Å². The molecule has 0 heterocycles. The highest BCUT2D eigenvalue weighted by molar-refractivity contribution is 5.30. The summed E-state index contributed by atoms with van der Waals surface area (Å²) < 4.78 is 0. The van der Waals surface area contributed by atoms with Crippen LogP contribution in [0.3, 0.4) is 0 Å². The Hall–Kier alpha value is -1.60. The van der Waals surface area contributed by atoms with E-state index in [1.807, 2.05) is 7.05 Å². The summed E-state index contributed by atoms with van der Waals surface area (Å²) in [6, 6.07) is 20.4. The fourth-order valence-corrected chi connectivity index (χ4v) is 2.98. The van der Waals surface area contributed by atoms with Gasteiger partial charge in [0.25, 0.3) is 0 Å². The normalized spacial score (nSPS) is 16.6. The molecule has 1 saturated carbocycles. The maximum atomic E-state index is 3.44. The van der Waals surface area contributed by atoms with Gasteiger partial charge in [-0.2, -0.15) is 0 Å². The predicted molar refractivity (Wildman–Crippen MR) is 85.0 cm³/mol. The van der Waals surface area contributed by atoms with E-state index in [9.17, 15) is 0 Å². The largest absolute Gasteiger partial charge is 0.313 e. The maximum Gasteiger partial charge on any atom is 0.0358 e. The molecule has 0 spiro atoms. The van der Waals surface area contributed by atoms with E-state index >= 15 is 0 Å². The van der Waals surface area contributed by atoms with Gasteiger partial charge in [0, 0.05) is 6.04 Å². The first-order valence-corrected chi connectivity index (χ1v) is 7.68. The Kier molecular flexibility index (Phi) is 4.17. The van der Waals surface area contributed by atoms with E-state index in [4.69, 9.17) is 0 Å². The summed E-state index contributed by atoms with van der Waals surface area (Å²) in [5.74, 6) is 0.825. The van der Waals surface area contributed by atoms with Crippen LogP contribution in [0, 0.1) is 0 Å². The number of benzene rings is 2. The van der Waals surface area contributed by atoms with Crippen LogP contribution in [0.2, 0.25) is 0 Å². The molecule has 3 rings (SSSR count). The van der Waals surface area contributed by atoms with E-state index in [0.29, 0.717) is 6.04 Å². The van der Waals surface area contributed by atoms with Gasteiger partial charge in [-0.05, 0) is 48.9 Å². The molecule has 1 heteroatoms. The molecule has 0 saturated heterocycles. The Balaban J connectivity index is 1.72. The van der Waals surface area contributed by atoms with Crippen molar-refractivity contribution in [2.45, 2.75) is 37.6 Å². The molecule has 104 valence electrons. The van der Waals surface area contributed by atoms with Crippen molar-refractivity contribution >= 4 is 0 Å². The highest BCUT2D eigenvalue weighted by Gasteiger charge is 2.19. The second kappa shape index (κ2) is 6.23. The summed E-state index contributed by atoms with van der Waals surface area (Å²) in [4.78, 5) is 0. The van der Waals surface area contributed by atoms with Crippen LogP contribution in [0.4, 0.5) is 0 Å². The molecule has 2 aromatic rings. The molecule has 1 unspecified atom stereocenters. The van der Waals surface area contributed by atoms with E-state index < -0.39 is 0 Å². The maximum absolute atomic E-state index is 3.44. The number of rotatable bonds is 5. The van der Waals surface area contributed by atoms with E-state index in [-0.39, 0.29) is 0 Å². The van der Waals surface area contributed by atoms with Gasteiger partial charge < -0.3 is 5.32 Å². The fraction of sp³-hybridized carbons (Fsp3) is 0.368. The third kappa shape index (κ3) is 2.94. The van der Waals surface area contributed by atoms with Gasteiger partial charge in [0.1, 0.15) is 0 Å². The first-order chi connectivity index (χ1) is 9.86. The first kappa shape index (κ1) is 13.4. The number of nitrogens with one attached hydrogen (secondary N) is 1. The molecule has 2 aromatic carbocycles. The molecule has 0 bridgehead atoms. The number of hydrogen-bond acceptors (Lipinski definition) is 1. The van der Waals surface area contributed by atoms with Crippen molar-refractivity contribution in [2.24, 2.45) is 0 Å². The molecule has 20 heavy (non-hydrogen) atoms. The lowest BCUT2D eigenvalue weighted by Crippen LogP contribution is -2.19. The quantitative estimate of drug-likeness (QED) is 0.841. The minimum atomic E-state index is 0.396. The molecule has 1 atom stereocenters. The Bertz CT molecular complexity index is 525. The van der Waals surface area contributed by atoms with Crippen molar-refractivity contribution in [3.05, 3.63) is 71.3 Å². The Morgan fingerprint density at radius 2 is 1.70 bits per heavy atom. The third-order valence-corrected chi connectivity index (χ3v) is 4.55.